The highest BCUT2D eigenvalue weighted by Gasteiger charge is 2.21. The topological polar surface area (TPSA) is 45.7 Å². The molecule has 15 rings (SSSR count). The Bertz CT molecular complexity index is 4790. The molecule has 0 radical (unpaired) electrons. The molecular formula is C68H46N6O. The molecule has 0 saturated heterocycles. The minimum absolute atomic E-state index is 0.270. The van der Waals surface area contributed by atoms with Crippen molar-refractivity contribution in [3.63, 3.8) is 0 Å². The average Bonchev–Trinajstić information content (AvgIpc) is 4.42. The number of hydrogen-bond acceptors (Lipinski definition) is 2. The third-order valence-corrected chi connectivity index (χ3v) is 14.7. The molecule has 15 aromatic rings. The number of benzene rings is 10. The lowest BCUT2D eigenvalue weighted by Gasteiger charge is -2.16. The monoisotopic (exact) mass is 968 g/mol. The summed E-state index contributed by atoms with van der Waals surface area (Å²) in [5, 5.41) is 6.50. The fraction of sp³-hybridized carbons (Fsp3) is 0.0294. The predicted octanol–water partition coefficient (Wildman–Crippen LogP) is 16.5. The van der Waals surface area contributed by atoms with E-state index in [-0.39, 0.29) is 16.9 Å². The van der Waals surface area contributed by atoms with Crippen molar-refractivity contribution in [3.05, 3.63) is 260 Å². The summed E-state index contributed by atoms with van der Waals surface area (Å²) in [7, 11) is 0. The number of aromatic nitrogens is 6. The zero-order valence-corrected chi connectivity index (χ0v) is 40.2. The Labute approximate surface area is 440 Å². The molecule has 7 nitrogen and oxygen atoms in total. The molecule has 75 heavy (non-hydrogen) atoms. The van der Waals surface area contributed by atoms with Gasteiger partial charge in [-0.05, 0) is 127 Å². The van der Waals surface area contributed by atoms with Gasteiger partial charge in [-0.1, -0.05) is 140 Å². The summed E-state index contributed by atoms with van der Waals surface area (Å²) in [6, 6.07) is 80.9. The molecule has 0 unspecified atom stereocenters. The SMILES string of the molecule is [2H]C([2H])([2H])c1cnc(-n2c3ccc(-c4ccccc4)cc3c3ccc(Oc4cccc(-n5[c-][n+](-c6cc(-n7c8ccccc8c8ccccc87)cc(-n7c8ccccc8c8ccccc87)c6)c6ccccc65)c4)cc32)cc1C([2H])([2H])[2H]. The van der Waals surface area contributed by atoms with Crippen molar-refractivity contribution < 1.29 is 17.5 Å². The van der Waals surface area contributed by atoms with Crippen LogP contribution in [0.25, 0.3) is 116 Å². The molecule has 0 aliphatic heterocycles. The van der Waals surface area contributed by atoms with Crippen LogP contribution in [0.5, 0.6) is 11.5 Å². The molecule has 0 fully saturated rings. The fourth-order valence-corrected chi connectivity index (χ4v) is 11.3. The number of rotatable bonds is 8. The maximum atomic E-state index is 8.38. The minimum atomic E-state index is -2.71. The van der Waals surface area contributed by atoms with Gasteiger partial charge >= 0.3 is 0 Å². The summed E-state index contributed by atoms with van der Waals surface area (Å²) in [6.45, 7) is -5.39. The van der Waals surface area contributed by atoms with Crippen LogP contribution in [0.1, 0.15) is 19.4 Å². The van der Waals surface area contributed by atoms with Crippen molar-refractivity contribution in [1.29, 1.82) is 0 Å². The van der Waals surface area contributed by atoms with Gasteiger partial charge in [-0.25, -0.2) is 4.98 Å². The van der Waals surface area contributed by atoms with E-state index in [1.54, 1.807) is 0 Å². The lowest BCUT2D eigenvalue weighted by molar-refractivity contribution is -0.572. The van der Waals surface area contributed by atoms with Crippen LogP contribution in [0.3, 0.4) is 0 Å². The molecule has 5 heterocycles. The number of nitrogens with zero attached hydrogens (tertiary/aromatic N) is 6. The van der Waals surface area contributed by atoms with Gasteiger partial charge in [-0.3, -0.25) is 13.7 Å². The van der Waals surface area contributed by atoms with Crippen molar-refractivity contribution in [1.82, 2.24) is 23.3 Å². The van der Waals surface area contributed by atoms with Crippen LogP contribution < -0.4 is 9.30 Å². The summed E-state index contributed by atoms with van der Waals surface area (Å²) in [5.74, 6) is 1.37. The van der Waals surface area contributed by atoms with Crippen LogP contribution in [0.2, 0.25) is 0 Å². The van der Waals surface area contributed by atoms with E-state index in [4.69, 9.17) is 13.0 Å². The van der Waals surface area contributed by atoms with Gasteiger partial charge in [0.15, 0.2) is 0 Å². The largest absolute Gasteiger partial charge is 0.458 e. The summed E-state index contributed by atoms with van der Waals surface area (Å²) in [6.07, 6.45) is 4.96. The first kappa shape index (κ1) is 36.9. The molecule has 354 valence electrons. The summed E-state index contributed by atoms with van der Waals surface area (Å²) in [4.78, 5) is 4.64. The number of pyridine rings is 1. The Morgan fingerprint density at radius 1 is 0.400 bits per heavy atom. The van der Waals surface area contributed by atoms with Crippen molar-refractivity contribution in [2.45, 2.75) is 13.7 Å². The van der Waals surface area contributed by atoms with Gasteiger partial charge < -0.3 is 13.9 Å². The molecular weight excluding hydrogens is 917 g/mol. The molecule has 0 aliphatic rings. The Hall–Kier alpha value is -9.98. The van der Waals surface area contributed by atoms with E-state index in [1.165, 1.54) is 33.8 Å². The molecule has 0 bridgehead atoms. The number of hydrogen-bond donors (Lipinski definition) is 0. The normalized spacial score (nSPS) is 13.4. The first-order valence-electron chi connectivity index (χ1n) is 27.9. The molecule has 0 amide bonds. The van der Waals surface area contributed by atoms with Crippen LogP contribution in [0.15, 0.2) is 243 Å². The Morgan fingerprint density at radius 3 is 1.63 bits per heavy atom. The summed E-state index contributed by atoms with van der Waals surface area (Å²) < 4.78 is 67.2. The number of ether oxygens (including phenoxy) is 1. The van der Waals surface area contributed by atoms with Gasteiger partial charge in [-0.2, -0.15) is 0 Å². The molecule has 0 N–H and O–H groups in total. The highest BCUT2D eigenvalue weighted by Crippen LogP contribution is 2.40. The summed E-state index contributed by atoms with van der Waals surface area (Å²) in [5.41, 5.74) is 13.0. The Kier molecular flexibility index (Phi) is 8.26. The highest BCUT2D eigenvalue weighted by atomic mass is 16.5. The third-order valence-electron chi connectivity index (χ3n) is 14.7. The van der Waals surface area contributed by atoms with Crippen molar-refractivity contribution in [3.8, 4) is 51.2 Å². The van der Waals surface area contributed by atoms with Crippen molar-refractivity contribution in [2.24, 2.45) is 0 Å². The molecule has 10 aromatic carbocycles. The highest BCUT2D eigenvalue weighted by molar-refractivity contribution is 6.12. The molecule has 7 heteroatoms. The van der Waals surface area contributed by atoms with Gasteiger partial charge in [0.1, 0.15) is 17.3 Å². The lowest BCUT2D eigenvalue weighted by Crippen LogP contribution is -2.30. The van der Waals surface area contributed by atoms with Crippen LogP contribution in [-0.2, 0) is 0 Å². The van der Waals surface area contributed by atoms with Crippen molar-refractivity contribution >= 4 is 76.5 Å². The second-order valence-electron chi connectivity index (χ2n) is 19.0. The van der Waals surface area contributed by atoms with Gasteiger partial charge in [0.05, 0.1) is 55.5 Å². The Balaban J connectivity index is 0.873. The van der Waals surface area contributed by atoms with E-state index in [2.05, 4.69) is 181 Å². The molecule has 0 spiro atoms. The van der Waals surface area contributed by atoms with E-state index < -0.39 is 13.7 Å². The third kappa shape index (κ3) is 6.82. The van der Waals surface area contributed by atoms with Gasteiger partial charge in [0.25, 0.3) is 6.33 Å². The van der Waals surface area contributed by atoms with Gasteiger partial charge in [0, 0.05) is 64.2 Å². The van der Waals surface area contributed by atoms with E-state index in [0.717, 1.165) is 83.3 Å². The lowest BCUT2D eigenvalue weighted by atomic mass is 10.0. The van der Waals surface area contributed by atoms with Crippen LogP contribution in [0, 0.1) is 20.0 Å². The number of imidazole rings is 1. The first-order chi connectivity index (χ1) is 39.4. The van der Waals surface area contributed by atoms with Crippen LogP contribution >= 0.6 is 0 Å². The zero-order chi connectivity index (χ0) is 54.7. The molecule has 0 aliphatic carbocycles. The average molecular weight is 969 g/mol. The van der Waals surface area contributed by atoms with Crippen LogP contribution in [0.4, 0.5) is 0 Å². The number of fused-ring (bicyclic) bond motifs is 10. The maximum Gasteiger partial charge on any atom is 0.269 e. The minimum Gasteiger partial charge on any atom is -0.458 e. The second-order valence-corrected chi connectivity index (χ2v) is 19.0. The standard InChI is InChI=1S/C68H46N6O/c1-44-35-68(69-42-45(44)2)74-64-34-31-47(46-17-4-3-5-18-46)36-59(64)58-33-32-53(41-67(58)74)75-52-20-16-19-48(40-52)70-43-71(66-30-15-14-29-65(66)70)49-37-50(72-60-25-10-6-21-54(60)55-22-7-11-26-61(55)72)39-51(38-49)73-62-27-12-8-23-56(62)57-24-9-13-28-63(57)73/h3-42H,1-2H3/i1D3,2D3. The summed E-state index contributed by atoms with van der Waals surface area (Å²) >= 11 is 0. The smallest absolute Gasteiger partial charge is 0.269 e. The van der Waals surface area contributed by atoms with E-state index in [1.807, 2.05) is 83.4 Å². The number of aryl methyl sites for hydroxylation is 2. The van der Waals surface area contributed by atoms with Crippen LogP contribution in [-0.4, -0.2) is 23.3 Å². The Morgan fingerprint density at radius 2 is 0.973 bits per heavy atom. The van der Waals surface area contributed by atoms with E-state index in [9.17, 15) is 0 Å². The zero-order valence-electron chi connectivity index (χ0n) is 46.2. The van der Waals surface area contributed by atoms with E-state index >= 15 is 0 Å². The van der Waals surface area contributed by atoms with Crippen molar-refractivity contribution in [2.75, 3.05) is 0 Å². The second kappa shape index (κ2) is 16.8. The first-order valence-corrected chi connectivity index (χ1v) is 24.9. The molecule has 0 saturated carbocycles. The fourth-order valence-electron chi connectivity index (χ4n) is 11.3. The molecule has 5 aromatic heterocycles. The molecule has 0 atom stereocenters. The quantitative estimate of drug-likeness (QED) is 0.112. The number of para-hydroxylation sites is 6. The predicted molar refractivity (Wildman–Crippen MR) is 306 cm³/mol. The van der Waals surface area contributed by atoms with Gasteiger partial charge in [0.2, 0.25) is 0 Å². The van der Waals surface area contributed by atoms with Gasteiger partial charge in [-0.15, -0.1) is 0 Å². The van der Waals surface area contributed by atoms with E-state index in [0.29, 0.717) is 17.0 Å². The maximum absolute atomic E-state index is 8.38.